The van der Waals surface area contributed by atoms with Crippen LogP contribution in [0.4, 0.5) is 5.69 Å². The molecule has 1 amide bonds. The van der Waals surface area contributed by atoms with Gasteiger partial charge in [-0.3, -0.25) is 10.1 Å². The van der Waals surface area contributed by atoms with Crippen molar-refractivity contribution in [3.8, 4) is 0 Å². The third kappa shape index (κ3) is 2.57. The Labute approximate surface area is 106 Å². The van der Waals surface area contributed by atoms with E-state index in [4.69, 9.17) is 23.2 Å². The fraction of sp³-hybridized carbons (Fsp3) is 0.375. The maximum absolute atomic E-state index is 11.8. The molecule has 1 aliphatic rings. The van der Waals surface area contributed by atoms with E-state index in [2.05, 4.69) is 20.6 Å². The second kappa shape index (κ2) is 5.18. The summed E-state index contributed by atoms with van der Waals surface area (Å²) in [5, 5.41) is 5.93. The lowest BCUT2D eigenvalue weighted by atomic mass is 10.3. The average molecular weight is 279 g/mol. The van der Waals surface area contributed by atoms with Crippen molar-refractivity contribution in [2.75, 3.05) is 16.9 Å². The Kier molecular flexibility index (Phi) is 3.86. The monoisotopic (exact) mass is 278 g/mol. The fourth-order valence-corrected chi connectivity index (χ4v) is 2.57. The number of nitrogens with one attached hydrogen (secondary N) is 2. The van der Waals surface area contributed by atoms with Crippen LogP contribution in [0.25, 0.3) is 0 Å². The predicted molar refractivity (Wildman–Crippen MR) is 64.9 cm³/mol. The molecular formula is C8H8Cl2N4OS. The van der Waals surface area contributed by atoms with Crippen molar-refractivity contribution >= 4 is 46.6 Å². The van der Waals surface area contributed by atoms with E-state index in [9.17, 15) is 4.79 Å². The van der Waals surface area contributed by atoms with Crippen LogP contribution in [0.3, 0.4) is 0 Å². The van der Waals surface area contributed by atoms with Gasteiger partial charge in [-0.05, 0) is 0 Å². The first-order valence-electron chi connectivity index (χ1n) is 4.46. The highest BCUT2D eigenvalue weighted by atomic mass is 35.5. The van der Waals surface area contributed by atoms with E-state index in [-0.39, 0.29) is 27.9 Å². The molecule has 1 aromatic heterocycles. The first-order valence-corrected chi connectivity index (χ1v) is 6.37. The molecule has 2 heterocycles. The molecule has 5 nitrogen and oxygen atoms in total. The van der Waals surface area contributed by atoms with Gasteiger partial charge in [-0.25, -0.2) is 9.97 Å². The van der Waals surface area contributed by atoms with Gasteiger partial charge in [0.1, 0.15) is 12.0 Å². The van der Waals surface area contributed by atoms with Crippen LogP contribution in [0.1, 0.15) is 0 Å². The lowest BCUT2D eigenvalue weighted by Gasteiger charge is -2.11. The molecule has 8 heteroatoms. The molecule has 86 valence electrons. The minimum atomic E-state index is -0.225. The molecule has 0 spiro atoms. The second-order valence-electron chi connectivity index (χ2n) is 3.09. The molecule has 0 aromatic carbocycles. The molecule has 0 aliphatic carbocycles. The Morgan fingerprint density at radius 1 is 1.50 bits per heavy atom. The van der Waals surface area contributed by atoms with Crippen molar-refractivity contribution in [2.24, 2.45) is 0 Å². The van der Waals surface area contributed by atoms with E-state index >= 15 is 0 Å². The third-order valence-electron chi connectivity index (χ3n) is 2.04. The van der Waals surface area contributed by atoms with Gasteiger partial charge < -0.3 is 5.32 Å². The summed E-state index contributed by atoms with van der Waals surface area (Å²) < 4.78 is 0. The maximum Gasteiger partial charge on any atom is 0.242 e. The normalized spacial score (nSPS) is 19.8. The summed E-state index contributed by atoms with van der Waals surface area (Å²) in [6, 6.07) is -0.225. The Bertz CT molecular complexity index is 391. The van der Waals surface area contributed by atoms with Gasteiger partial charge in [0, 0.05) is 11.6 Å². The predicted octanol–water partition coefficient (Wildman–Crippen LogP) is 1.38. The number of rotatable bonds is 2. The van der Waals surface area contributed by atoms with E-state index in [1.165, 1.54) is 6.33 Å². The molecular weight excluding hydrogens is 271 g/mol. The molecule has 0 saturated carbocycles. The van der Waals surface area contributed by atoms with E-state index in [1.807, 2.05) is 0 Å². The number of nitrogens with zero attached hydrogens (tertiary/aromatic N) is 2. The van der Waals surface area contributed by atoms with Crippen LogP contribution in [-0.4, -0.2) is 33.5 Å². The SMILES string of the molecule is O=C(Nc1c(Cl)ncnc1Cl)C1CSCN1. The summed E-state index contributed by atoms with van der Waals surface area (Å²) in [7, 11) is 0. The first kappa shape index (κ1) is 11.9. The number of halogens is 2. The zero-order chi connectivity index (χ0) is 11.5. The van der Waals surface area contributed by atoms with Crippen LogP contribution < -0.4 is 10.6 Å². The molecule has 16 heavy (non-hydrogen) atoms. The zero-order valence-corrected chi connectivity index (χ0v) is 10.4. The van der Waals surface area contributed by atoms with Crippen molar-refractivity contribution in [1.29, 1.82) is 0 Å². The smallest absolute Gasteiger partial charge is 0.242 e. The maximum atomic E-state index is 11.8. The summed E-state index contributed by atoms with van der Waals surface area (Å²) in [4.78, 5) is 19.3. The number of thioether (sulfide) groups is 1. The van der Waals surface area contributed by atoms with Crippen LogP contribution in [0.2, 0.25) is 10.3 Å². The molecule has 1 saturated heterocycles. The van der Waals surface area contributed by atoms with Crippen molar-refractivity contribution in [1.82, 2.24) is 15.3 Å². The summed E-state index contributed by atoms with van der Waals surface area (Å²) in [6.45, 7) is 0. The van der Waals surface area contributed by atoms with Crippen LogP contribution in [0, 0.1) is 0 Å². The Morgan fingerprint density at radius 3 is 2.75 bits per heavy atom. The molecule has 1 unspecified atom stereocenters. The highest BCUT2D eigenvalue weighted by Crippen LogP contribution is 2.26. The largest absolute Gasteiger partial charge is 0.320 e. The van der Waals surface area contributed by atoms with Crippen molar-refractivity contribution < 1.29 is 4.79 Å². The highest BCUT2D eigenvalue weighted by molar-refractivity contribution is 7.99. The van der Waals surface area contributed by atoms with E-state index in [1.54, 1.807) is 11.8 Å². The van der Waals surface area contributed by atoms with Gasteiger partial charge in [-0.1, -0.05) is 23.2 Å². The standard InChI is InChI=1S/C8H8Cl2N4OS/c9-6-5(7(10)12-2-11-6)14-8(15)4-1-16-3-13-4/h2,4,13H,1,3H2,(H,14,15). The Morgan fingerprint density at radius 2 is 2.19 bits per heavy atom. The molecule has 0 bridgehead atoms. The molecule has 1 aromatic rings. The van der Waals surface area contributed by atoms with Crippen molar-refractivity contribution in [2.45, 2.75) is 6.04 Å². The quantitative estimate of drug-likeness (QED) is 0.801. The summed E-state index contributed by atoms with van der Waals surface area (Å²) >= 11 is 13.3. The Balaban J connectivity index is 2.11. The van der Waals surface area contributed by atoms with Crippen LogP contribution in [0.5, 0.6) is 0 Å². The molecule has 2 N–H and O–H groups in total. The summed E-state index contributed by atoms with van der Waals surface area (Å²) in [5.74, 6) is 1.32. The molecule has 1 aliphatic heterocycles. The lowest BCUT2D eigenvalue weighted by molar-refractivity contribution is -0.117. The van der Waals surface area contributed by atoms with Crippen LogP contribution in [0.15, 0.2) is 6.33 Å². The van der Waals surface area contributed by atoms with Gasteiger partial charge in [-0.2, -0.15) is 0 Å². The highest BCUT2D eigenvalue weighted by Gasteiger charge is 2.24. The third-order valence-corrected chi connectivity index (χ3v) is 3.55. The van der Waals surface area contributed by atoms with Crippen LogP contribution in [-0.2, 0) is 4.79 Å². The van der Waals surface area contributed by atoms with Crippen molar-refractivity contribution in [3.63, 3.8) is 0 Å². The first-order chi connectivity index (χ1) is 7.68. The number of amides is 1. The Hall–Kier alpha value is -0.560. The van der Waals surface area contributed by atoms with E-state index < -0.39 is 0 Å². The number of carbonyl (C=O) groups is 1. The topological polar surface area (TPSA) is 66.9 Å². The van der Waals surface area contributed by atoms with Gasteiger partial charge in [0.25, 0.3) is 0 Å². The summed E-state index contributed by atoms with van der Waals surface area (Å²) in [6.07, 6.45) is 1.24. The van der Waals surface area contributed by atoms with Gasteiger partial charge in [-0.15, -0.1) is 11.8 Å². The molecule has 1 fully saturated rings. The molecule has 0 radical (unpaired) electrons. The number of aromatic nitrogens is 2. The minimum Gasteiger partial charge on any atom is -0.320 e. The van der Waals surface area contributed by atoms with Gasteiger partial charge >= 0.3 is 0 Å². The number of anilines is 1. The van der Waals surface area contributed by atoms with Gasteiger partial charge in [0.15, 0.2) is 10.3 Å². The fourth-order valence-electron chi connectivity index (χ4n) is 1.22. The van der Waals surface area contributed by atoms with Gasteiger partial charge in [0.2, 0.25) is 5.91 Å². The molecule has 2 rings (SSSR count). The number of hydrogen-bond donors (Lipinski definition) is 2. The molecule has 1 atom stereocenters. The lowest BCUT2D eigenvalue weighted by Crippen LogP contribution is -2.37. The number of carbonyl (C=O) groups excluding carboxylic acids is 1. The van der Waals surface area contributed by atoms with E-state index in [0.717, 1.165) is 11.6 Å². The second-order valence-corrected chi connectivity index (χ2v) is 4.84. The number of hydrogen-bond acceptors (Lipinski definition) is 5. The average Bonchev–Trinajstić information content (AvgIpc) is 2.76. The van der Waals surface area contributed by atoms with Gasteiger partial charge in [0.05, 0.1) is 6.04 Å². The summed E-state index contributed by atoms with van der Waals surface area (Å²) in [5.41, 5.74) is 0.259. The van der Waals surface area contributed by atoms with Crippen LogP contribution >= 0.6 is 35.0 Å². The zero-order valence-electron chi connectivity index (χ0n) is 8.04. The van der Waals surface area contributed by atoms with E-state index in [0.29, 0.717) is 0 Å². The minimum absolute atomic E-state index is 0.138. The van der Waals surface area contributed by atoms with Crippen molar-refractivity contribution in [3.05, 3.63) is 16.6 Å².